The Balaban J connectivity index is 1.83. The molecule has 1 amide bonds. The Morgan fingerprint density at radius 1 is 1.40 bits per heavy atom. The second kappa shape index (κ2) is 6.08. The van der Waals surface area contributed by atoms with Crippen LogP contribution in [-0.4, -0.2) is 33.3 Å². The molecule has 0 saturated carbocycles. The lowest BCUT2D eigenvalue weighted by molar-refractivity contribution is -0.141. The predicted octanol–water partition coefficient (Wildman–Crippen LogP) is 1.92. The van der Waals surface area contributed by atoms with Crippen LogP contribution in [0.15, 0.2) is 24.5 Å². The third kappa shape index (κ3) is 3.26. The molecule has 10 heteroatoms. The largest absolute Gasteiger partial charge is 0.433 e. The molecule has 7 nitrogen and oxygen atoms in total. The van der Waals surface area contributed by atoms with Gasteiger partial charge in [0.25, 0.3) is 0 Å². The zero-order chi connectivity index (χ0) is 18.2. The number of anilines is 2. The van der Waals surface area contributed by atoms with Gasteiger partial charge in [-0.25, -0.2) is 4.98 Å². The lowest BCUT2D eigenvalue weighted by atomic mass is 10.2. The lowest BCUT2D eigenvalue weighted by Crippen LogP contribution is -2.33. The van der Waals surface area contributed by atoms with E-state index in [1.165, 1.54) is 11.1 Å². The Morgan fingerprint density at radius 3 is 2.76 bits per heavy atom. The van der Waals surface area contributed by atoms with Crippen LogP contribution in [0.2, 0.25) is 0 Å². The fraction of sp³-hybridized carbons (Fsp3) is 0.333. The summed E-state index contributed by atoms with van der Waals surface area (Å²) in [5, 5.41) is 15.7. The number of rotatable bonds is 3. The number of amides is 1. The van der Waals surface area contributed by atoms with E-state index in [2.05, 4.69) is 15.4 Å². The molecule has 3 heterocycles. The van der Waals surface area contributed by atoms with Crippen molar-refractivity contribution in [1.82, 2.24) is 14.8 Å². The molecule has 0 aromatic carbocycles. The fourth-order valence-corrected chi connectivity index (χ4v) is 2.60. The quantitative estimate of drug-likeness (QED) is 0.914. The average molecular weight is 350 g/mol. The van der Waals surface area contributed by atoms with Gasteiger partial charge in [-0.2, -0.15) is 23.5 Å². The molecule has 3 rings (SSSR count). The average Bonchev–Trinajstić information content (AvgIpc) is 3.13. The number of alkyl halides is 3. The smallest absolute Gasteiger partial charge is 0.357 e. The maximum atomic E-state index is 12.8. The van der Waals surface area contributed by atoms with E-state index in [-0.39, 0.29) is 17.3 Å². The monoisotopic (exact) mass is 350 g/mol. The summed E-state index contributed by atoms with van der Waals surface area (Å²) in [4.78, 5) is 17.5. The predicted molar refractivity (Wildman–Crippen MR) is 81.5 cm³/mol. The van der Waals surface area contributed by atoms with Crippen LogP contribution in [-0.2, 0) is 18.0 Å². The first-order valence-corrected chi connectivity index (χ1v) is 7.34. The standard InChI is InChI=1S/C15H13F3N6O/c1-23-8-10(7-20-23)24-5-4-11(14(24)25)21-13-9(6-19)2-3-12(22-13)15(16,17)18/h2-3,7-8,11H,4-5H2,1H3,(H,21,22). The molecule has 0 aliphatic carbocycles. The molecule has 1 atom stereocenters. The van der Waals surface area contributed by atoms with Gasteiger partial charge in [-0.3, -0.25) is 9.48 Å². The Hall–Kier alpha value is -3.09. The first kappa shape index (κ1) is 16.8. The number of nitrogens with one attached hydrogen (secondary N) is 1. The molecular formula is C15H13F3N6O. The van der Waals surface area contributed by atoms with E-state index < -0.39 is 17.9 Å². The molecule has 1 saturated heterocycles. The minimum Gasteiger partial charge on any atom is -0.357 e. The van der Waals surface area contributed by atoms with Gasteiger partial charge in [-0.05, 0) is 18.6 Å². The van der Waals surface area contributed by atoms with Crippen LogP contribution in [0.1, 0.15) is 17.7 Å². The van der Waals surface area contributed by atoms with E-state index in [0.29, 0.717) is 18.7 Å². The van der Waals surface area contributed by atoms with E-state index in [1.807, 2.05) is 0 Å². The zero-order valence-electron chi connectivity index (χ0n) is 13.1. The van der Waals surface area contributed by atoms with Gasteiger partial charge in [0.05, 0.1) is 17.4 Å². The first-order chi connectivity index (χ1) is 11.8. The van der Waals surface area contributed by atoms with Crippen LogP contribution >= 0.6 is 0 Å². The number of carbonyl (C=O) groups is 1. The summed E-state index contributed by atoms with van der Waals surface area (Å²) in [5.74, 6) is -0.556. The number of nitriles is 1. The number of hydrogen-bond acceptors (Lipinski definition) is 5. The van der Waals surface area contributed by atoms with Gasteiger partial charge in [-0.1, -0.05) is 0 Å². The van der Waals surface area contributed by atoms with E-state index in [0.717, 1.165) is 12.1 Å². The minimum atomic E-state index is -4.63. The zero-order valence-corrected chi connectivity index (χ0v) is 13.1. The second-order valence-corrected chi connectivity index (χ2v) is 5.55. The van der Waals surface area contributed by atoms with E-state index in [9.17, 15) is 18.0 Å². The van der Waals surface area contributed by atoms with Gasteiger partial charge < -0.3 is 10.2 Å². The second-order valence-electron chi connectivity index (χ2n) is 5.55. The van der Waals surface area contributed by atoms with Crippen LogP contribution in [0.25, 0.3) is 0 Å². The highest BCUT2D eigenvalue weighted by atomic mass is 19.4. The summed E-state index contributed by atoms with van der Waals surface area (Å²) >= 11 is 0. The molecule has 2 aromatic rings. The summed E-state index contributed by atoms with van der Waals surface area (Å²) in [7, 11) is 1.71. The molecule has 0 spiro atoms. The number of nitrogens with zero attached hydrogens (tertiary/aromatic N) is 5. The van der Waals surface area contributed by atoms with Gasteiger partial charge in [0, 0.05) is 19.8 Å². The van der Waals surface area contributed by atoms with Crippen molar-refractivity contribution in [2.75, 3.05) is 16.8 Å². The number of aromatic nitrogens is 3. The van der Waals surface area contributed by atoms with Gasteiger partial charge in [0.1, 0.15) is 23.6 Å². The minimum absolute atomic E-state index is 0.0550. The van der Waals surface area contributed by atoms with Gasteiger partial charge in [-0.15, -0.1) is 0 Å². The van der Waals surface area contributed by atoms with Crippen molar-refractivity contribution in [2.24, 2.45) is 7.05 Å². The highest BCUT2D eigenvalue weighted by molar-refractivity contribution is 6.00. The number of hydrogen-bond donors (Lipinski definition) is 1. The summed E-state index contributed by atoms with van der Waals surface area (Å²) in [6.07, 6.45) is -1.06. The molecule has 0 radical (unpaired) electrons. The lowest BCUT2D eigenvalue weighted by Gasteiger charge is -2.16. The van der Waals surface area contributed by atoms with Crippen LogP contribution in [0, 0.1) is 11.3 Å². The Kier molecular flexibility index (Phi) is 4.08. The fourth-order valence-electron chi connectivity index (χ4n) is 2.60. The Labute approximate surface area is 140 Å². The summed E-state index contributed by atoms with van der Waals surface area (Å²) in [6, 6.07) is 2.79. The van der Waals surface area contributed by atoms with Crippen molar-refractivity contribution in [2.45, 2.75) is 18.6 Å². The SMILES string of the molecule is Cn1cc(N2CCC(Nc3nc(C(F)(F)F)ccc3C#N)C2=O)cn1. The van der Waals surface area contributed by atoms with Crippen molar-refractivity contribution >= 4 is 17.4 Å². The van der Waals surface area contributed by atoms with Crippen molar-refractivity contribution < 1.29 is 18.0 Å². The van der Waals surface area contributed by atoms with Crippen LogP contribution in [0.4, 0.5) is 24.7 Å². The molecule has 1 aliphatic heterocycles. The first-order valence-electron chi connectivity index (χ1n) is 7.34. The molecule has 1 fully saturated rings. The molecule has 1 unspecified atom stereocenters. The van der Waals surface area contributed by atoms with Crippen molar-refractivity contribution in [3.8, 4) is 6.07 Å². The molecule has 0 bridgehead atoms. The third-order valence-electron chi connectivity index (χ3n) is 3.83. The molecule has 1 N–H and O–H groups in total. The van der Waals surface area contributed by atoms with Crippen LogP contribution in [0.5, 0.6) is 0 Å². The topological polar surface area (TPSA) is 86.8 Å². The molecule has 130 valence electrons. The summed E-state index contributed by atoms with van der Waals surface area (Å²) in [5.41, 5.74) is -0.571. The third-order valence-corrected chi connectivity index (χ3v) is 3.83. The molecule has 1 aliphatic rings. The number of pyridine rings is 1. The summed E-state index contributed by atoms with van der Waals surface area (Å²) in [6.45, 7) is 0.392. The van der Waals surface area contributed by atoms with Gasteiger partial charge in [0.15, 0.2) is 0 Å². The van der Waals surface area contributed by atoms with Gasteiger partial charge in [0.2, 0.25) is 5.91 Å². The number of carbonyl (C=O) groups excluding carboxylic acids is 1. The van der Waals surface area contributed by atoms with Crippen molar-refractivity contribution in [3.05, 3.63) is 35.8 Å². The maximum Gasteiger partial charge on any atom is 0.433 e. The highest BCUT2D eigenvalue weighted by Crippen LogP contribution is 2.30. The van der Waals surface area contributed by atoms with Gasteiger partial charge >= 0.3 is 6.18 Å². The van der Waals surface area contributed by atoms with Crippen LogP contribution < -0.4 is 10.2 Å². The van der Waals surface area contributed by atoms with E-state index >= 15 is 0 Å². The van der Waals surface area contributed by atoms with Crippen molar-refractivity contribution in [3.63, 3.8) is 0 Å². The number of halogens is 3. The maximum absolute atomic E-state index is 12.8. The van der Waals surface area contributed by atoms with E-state index in [4.69, 9.17) is 5.26 Å². The van der Waals surface area contributed by atoms with E-state index in [1.54, 1.807) is 24.0 Å². The highest BCUT2D eigenvalue weighted by Gasteiger charge is 2.36. The van der Waals surface area contributed by atoms with Crippen LogP contribution in [0.3, 0.4) is 0 Å². The Morgan fingerprint density at radius 2 is 2.16 bits per heavy atom. The summed E-state index contributed by atoms with van der Waals surface area (Å²) < 4.78 is 40.0. The van der Waals surface area contributed by atoms with Crippen molar-refractivity contribution in [1.29, 1.82) is 5.26 Å². The Bertz CT molecular complexity index is 854. The molecule has 2 aromatic heterocycles. The molecule has 25 heavy (non-hydrogen) atoms. The number of aryl methyl sites for hydroxylation is 1. The molecular weight excluding hydrogens is 337 g/mol. The normalized spacial score (nSPS) is 17.6.